The molecule has 0 saturated carbocycles. The number of alkyl halides is 1. The number of anilines is 1. The molecule has 0 aromatic heterocycles. The molecule has 0 spiro atoms. The quantitative estimate of drug-likeness (QED) is 0.650. The van der Waals surface area contributed by atoms with Crippen molar-refractivity contribution in [2.75, 3.05) is 11.9 Å². The molecule has 1 amide bonds. The van der Waals surface area contributed by atoms with Crippen molar-refractivity contribution in [3.05, 3.63) is 58.4 Å². The number of hydrogen-bond donors (Lipinski definition) is 2. The van der Waals surface area contributed by atoms with E-state index >= 15 is 0 Å². The lowest BCUT2D eigenvalue weighted by Gasteiger charge is -2.36. The van der Waals surface area contributed by atoms with E-state index in [-0.39, 0.29) is 33.3 Å². The predicted molar refractivity (Wildman–Crippen MR) is 118 cm³/mol. The van der Waals surface area contributed by atoms with Gasteiger partial charge in [0.2, 0.25) is 10.0 Å². The van der Waals surface area contributed by atoms with Gasteiger partial charge in [0.05, 0.1) is 16.0 Å². The number of hydrogen-bond acceptors (Lipinski definition) is 4. The molecule has 174 valence electrons. The standard InChI is InChI=1S/C22H25ClF2N2O4S/c1-22(2)9-3-4-17(28)13-27(22)32(30,31)20-10-14(5-6-15(20)12-24)21(29)26-16-7-8-19(25)18(23)11-16/h5-8,10-11,17,28H,3-4,9,12-13H2,1-2H3,(H,26,29). The second kappa shape index (κ2) is 9.43. The summed E-state index contributed by atoms with van der Waals surface area (Å²) in [4.78, 5) is 12.4. The maximum absolute atomic E-state index is 13.7. The number of aliphatic hydroxyl groups excluding tert-OH is 1. The van der Waals surface area contributed by atoms with Gasteiger partial charge in [-0.3, -0.25) is 4.79 Å². The normalized spacial score (nSPS) is 19.4. The molecule has 1 fully saturated rings. The molecular formula is C22H25ClF2N2O4S. The van der Waals surface area contributed by atoms with Crippen molar-refractivity contribution in [3.63, 3.8) is 0 Å². The number of aliphatic hydroxyl groups is 1. The van der Waals surface area contributed by atoms with E-state index in [0.717, 1.165) is 12.1 Å². The van der Waals surface area contributed by atoms with Gasteiger partial charge in [0.25, 0.3) is 5.91 Å². The minimum Gasteiger partial charge on any atom is -0.392 e. The number of nitrogens with one attached hydrogen (secondary N) is 1. The molecule has 1 aliphatic rings. The highest BCUT2D eigenvalue weighted by Crippen LogP contribution is 2.34. The van der Waals surface area contributed by atoms with Crippen molar-refractivity contribution in [1.82, 2.24) is 4.31 Å². The van der Waals surface area contributed by atoms with Crippen molar-refractivity contribution in [2.24, 2.45) is 0 Å². The maximum Gasteiger partial charge on any atom is 0.255 e. The Morgan fingerprint density at radius 1 is 1.28 bits per heavy atom. The fourth-order valence-electron chi connectivity index (χ4n) is 3.79. The van der Waals surface area contributed by atoms with Crippen LogP contribution >= 0.6 is 11.6 Å². The zero-order chi connectivity index (χ0) is 23.7. The lowest BCUT2D eigenvalue weighted by atomic mass is 9.99. The second-order valence-corrected chi connectivity index (χ2v) is 10.7. The largest absolute Gasteiger partial charge is 0.392 e. The van der Waals surface area contributed by atoms with Crippen LogP contribution in [-0.4, -0.2) is 41.9 Å². The number of sulfonamides is 1. The average Bonchev–Trinajstić information content (AvgIpc) is 2.87. The molecule has 0 bridgehead atoms. The molecule has 2 aromatic rings. The summed E-state index contributed by atoms with van der Waals surface area (Å²) in [5, 5.41) is 12.5. The Bertz CT molecular complexity index is 1120. The van der Waals surface area contributed by atoms with Crippen LogP contribution in [-0.2, 0) is 16.7 Å². The van der Waals surface area contributed by atoms with Gasteiger partial charge in [-0.05, 0) is 63.4 Å². The smallest absolute Gasteiger partial charge is 0.255 e. The highest BCUT2D eigenvalue weighted by molar-refractivity contribution is 7.89. The molecule has 32 heavy (non-hydrogen) atoms. The summed E-state index contributed by atoms with van der Waals surface area (Å²) >= 11 is 5.73. The number of carbonyl (C=O) groups is 1. The lowest BCUT2D eigenvalue weighted by Crippen LogP contribution is -2.49. The predicted octanol–water partition coefficient (Wildman–Crippen LogP) is 4.52. The van der Waals surface area contributed by atoms with Gasteiger partial charge in [0, 0.05) is 28.9 Å². The van der Waals surface area contributed by atoms with Crippen molar-refractivity contribution < 1.29 is 27.1 Å². The Hall–Kier alpha value is -2.07. The average molecular weight is 487 g/mol. The molecule has 1 heterocycles. The molecule has 2 aromatic carbocycles. The highest BCUT2D eigenvalue weighted by Gasteiger charge is 2.41. The maximum atomic E-state index is 13.7. The van der Waals surface area contributed by atoms with Crippen molar-refractivity contribution in [1.29, 1.82) is 0 Å². The van der Waals surface area contributed by atoms with Crippen LogP contribution in [0.1, 0.15) is 49.0 Å². The third-order valence-electron chi connectivity index (χ3n) is 5.60. The molecule has 0 aliphatic carbocycles. The third-order valence-corrected chi connectivity index (χ3v) is 8.05. The van der Waals surface area contributed by atoms with Gasteiger partial charge in [-0.15, -0.1) is 0 Å². The number of rotatable bonds is 5. The summed E-state index contributed by atoms with van der Waals surface area (Å²) in [6.07, 6.45) is 0.808. The third kappa shape index (κ3) is 5.11. The van der Waals surface area contributed by atoms with Gasteiger partial charge in [-0.1, -0.05) is 17.7 Å². The fraction of sp³-hybridized carbons (Fsp3) is 0.409. The topological polar surface area (TPSA) is 86.7 Å². The van der Waals surface area contributed by atoms with Gasteiger partial charge >= 0.3 is 0 Å². The molecule has 1 saturated heterocycles. The highest BCUT2D eigenvalue weighted by atomic mass is 35.5. The van der Waals surface area contributed by atoms with Crippen molar-refractivity contribution >= 4 is 33.2 Å². The van der Waals surface area contributed by atoms with Gasteiger partial charge in [-0.2, -0.15) is 4.31 Å². The number of halogens is 3. The number of β-amino-alcohol motifs (C(OH)–C–C–N with tert-alkyl or cyclic N) is 1. The van der Waals surface area contributed by atoms with Crippen molar-refractivity contribution in [3.8, 4) is 0 Å². The summed E-state index contributed by atoms with van der Waals surface area (Å²) in [6.45, 7) is 2.35. The first kappa shape index (κ1) is 24.6. The molecule has 3 rings (SSSR count). The van der Waals surface area contributed by atoms with E-state index < -0.39 is 40.1 Å². The second-order valence-electron chi connectivity index (χ2n) is 8.43. The molecule has 6 nitrogen and oxygen atoms in total. The van der Waals surface area contributed by atoms with E-state index in [0.29, 0.717) is 19.3 Å². The fourth-order valence-corrected chi connectivity index (χ4v) is 6.05. The number of nitrogens with zero attached hydrogens (tertiary/aromatic N) is 1. The summed E-state index contributed by atoms with van der Waals surface area (Å²) < 4.78 is 55.4. The van der Waals surface area contributed by atoms with Gasteiger partial charge in [0.1, 0.15) is 12.5 Å². The Kier molecular flexibility index (Phi) is 7.24. The zero-order valence-electron chi connectivity index (χ0n) is 17.7. The summed E-state index contributed by atoms with van der Waals surface area (Å²) in [5.41, 5.74) is -0.681. The minimum atomic E-state index is -4.23. The lowest BCUT2D eigenvalue weighted by molar-refractivity contribution is 0.102. The first-order valence-electron chi connectivity index (χ1n) is 10.1. The van der Waals surface area contributed by atoms with Gasteiger partial charge in [-0.25, -0.2) is 17.2 Å². The van der Waals surface area contributed by atoms with Crippen LogP contribution in [0.2, 0.25) is 5.02 Å². The van der Waals surface area contributed by atoms with Gasteiger partial charge in [0.15, 0.2) is 0 Å². The number of benzene rings is 2. The molecule has 1 atom stereocenters. The Balaban J connectivity index is 1.99. The summed E-state index contributed by atoms with van der Waals surface area (Å²) in [6, 6.07) is 7.32. The van der Waals surface area contributed by atoms with Crippen LogP contribution < -0.4 is 5.32 Å². The molecular weight excluding hydrogens is 462 g/mol. The van der Waals surface area contributed by atoms with E-state index in [1.165, 1.54) is 28.6 Å². The Morgan fingerprint density at radius 3 is 2.66 bits per heavy atom. The van der Waals surface area contributed by atoms with E-state index in [1.807, 2.05) is 0 Å². The van der Waals surface area contributed by atoms with Crippen LogP contribution in [0, 0.1) is 5.82 Å². The van der Waals surface area contributed by atoms with E-state index in [1.54, 1.807) is 13.8 Å². The van der Waals surface area contributed by atoms with Crippen LogP contribution in [0.3, 0.4) is 0 Å². The van der Waals surface area contributed by atoms with Crippen LogP contribution in [0.4, 0.5) is 14.5 Å². The van der Waals surface area contributed by atoms with Crippen LogP contribution in [0.15, 0.2) is 41.3 Å². The molecule has 0 radical (unpaired) electrons. The number of carbonyl (C=O) groups excluding carboxylic acids is 1. The monoisotopic (exact) mass is 486 g/mol. The van der Waals surface area contributed by atoms with Crippen molar-refractivity contribution in [2.45, 2.75) is 56.3 Å². The Morgan fingerprint density at radius 2 is 2.00 bits per heavy atom. The SMILES string of the molecule is CC1(C)CCCC(O)CN1S(=O)(=O)c1cc(C(=O)Nc2ccc(F)c(Cl)c2)ccc1CF. The molecule has 2 N–H and O–H groups in total. The Labute approximate surface area is 191 Å². The zero-order valence-corrected chi connectivity index (χ0v) is 19.3. The van der Waals surface area contributed by atoms with E-state index in [9.17, 15) is 27.1 Å². The van der Waals surface area contributed by atoms with Crippen LogP contribution in [0.25, 0.3) is 0 Å². The van der Waals surface area contributed by atoms with Gasteiger partial charge < -0.3 is 10.4 Å². The van der Waals surface area contributed by atoms with Crippen LogP contribution in [0.5, 0.6) is 0 Å². The van der Waals surface area contributed by atoms with E-state index in [4.69, 9.17) is 11.6 Å². The van der Waals surface area contributed by atoms with E-state index in [2.05, 4.69) is 5.32 Å². The number of amides is 1. The first-order chi connectivity index (χ1) is 15.0. The summed E-state index contributed by atoms with van der Waals surface area (Å²) in [5.74, 6) is -1.31. The summed E-state index contributed by atoms with van der Waals surface area (Å²) in [7, 11) is -4.23. The molecule has 1 aliphatic heterocycles. The minimum absolute atomic E-state index is 0.0191. The molecule has 1 unspecified atom stereocenters. The first-order valence-corrected chi connectivity index (χ1v) is 11.9. The molecule has 10 heteroatoms.